The van der Waals surface area contributed by atoms with Crippen molar-refractivity contribution in [3.05, 3.63) is 47.9 Å². The van der Waals surface area contributed by atoms with E-state index in [4.69, 9.17) is 14.9 Å². The minimum atomic E-state index is -0.425. The largest absolute Gasteiger partial charge is 0.445 e. The highest BCUT2D eigenvalue weighted by Crippen LogP contribution is 2.06. The zero-order valence-electron chi connectivity index (χ0n) is 11.0. The summed E-state index contributed by atoms with van der Waals surface area (Å²) in [6.45, 7) is 0.777. The molecule has 0 atom stereocenters. The fraction of sp³-hybridized carbons (Fsp3) is 0.286. The molecule has 2 aromatic rings. The molecule has 1 aromatic carbocycles. The Morgan fingerprint density at radius 1 is 1.35 bits per heavy atom. The third-order valence-electron chi connectivity index (χ3n) is 2.65. The van der Waals surface area contributed by atoms with Crippen LogP contribution in [0.2, 0.25) is 0 Å². The van der Waals surface area contributed by atoms with Gasteiger partial charge in [0, 0.05) is 13.0 Å². The van der Waals surface area contributed by atoms with Crippen LogP contribution >= 0.6 is 0 Å². The molecule has 0 bridgehead atoms. The SMILES string of the molecule is Nc1ncc(CCCNC(=O)OCc2ccccc2)o1. The average molecular weight is 275 g/mol. The zero-order valence-corrected chi connectivity index (χ0v) is 11.0. The molecule has 6 heteroatoms. The Bertz CT molecular complexity index is 540. The summed E-state index contributed by atoms with van der Waals surface area (Å²) in [6.07, 6.45) is 2.56. The quantitative estimate of drug-likeness (QED) is 0.788. The Morgan fingerprint density at radius 3 is 2.85 bits per heavy atom. The molecule has 6 nitrogen and oxygen atoms in total. The molecule has 2 rings (SSSR count). The van der Waals surface area contributed by atoms with Gasteiger partial charge in [-0.3, -0.25) is 0 Å². The minimum absolute atomic E-state index is 0.162. The molecule has 1 aromatic heterocycles. The van der Waals surface area contributed by atoms with Gasteiger partial charge in [-0.25, -0.2) is 9.78 Å². The van der Waals surface area contributed by atoms with E-state index in [2.05, 4.69) is 10.3 Å². The van der Waals surface area contributed by atoms with Crippen LogP contribution in [0.1, 0.15) is 17.7 Å². The number of carbonyl (C=O) groups excluding carboxylic acids is 1. The maximum Gasteiger partial charge on any atom is 0.407 e. The number of hydrogen-bond acceptors (Lipinski definition) is 5. The Labute approximate surface area is 116 Å². The molecule has 0 aliphatic carbocycles. The Kier molecular flexibility index (Phi) is 5.00. The standard InChI is InChI=1S/C14H17N3O3/c15-13-17-9-12(20-13)7-4-8-16-14(18)19-10-11-5-2-1-3-6-11/h1-3,5-6,9H,4,7-8,10H2,(H2,15,17)(H,16,18). The number of amides is 1. The number of carbonyl (C=O) groups is 1. The third kappa shape index (κ3) is 4.64. The second-order valence-electron chi connectivity index (χ2n) is 4.26. The van der Waals surface area contributed by atoms with Gasteiger partial charge in [-0.1, -0.05) is 30.3 Å². The van der Waals surface area contributed by atoms with Gasteiger partial charge in [0.05, 0.1) is 6.20 Å². The van der Waals surface area contributed by atoms with E-state index >= 15 is 0 Å². The van der Waals surface area contributed by atoms with E-state index in [0.717, 1.165) is 12.0 Å². The monoisotopic (exact) mass is 275 g/mol. The van der Waals surface area contributed by atoms with Crippen LogP contribution in [0.25, 0.3) is 0 Å². The van der Waals surface area contributed by atoms with Gasteiger partial charge >= 0.3 is 6.09 Å². The molecule has 0 saturated carbocycles. The summed E-state index contributed by atoms with van der Waals surface area (Å²) < 4.78 is 10.2. The first-order valence-corrected chi connectivity index (χ1v) is 6.39. The van der Waals surface area contributed by atoms with E-state index in [-0.39, 0.29) is 12.6 Å². The zero-order chi connectivity index (χ0) is 14.2. The van der Waals surface area contributed by atoms with Gasteiger partial charge in [-0.15, -0.1) is 0 Å². The Balaban J connectivity index is 1.58. The smallest absolute Gasteiger partial charge is 0.407 e. The van der Waals surface area contributed by atoms with Crippen LogP contribution in [-0.2, 0) is 17.8 Å². The van der Waals surface area contributed by atoms with Crippen molar-refractivity contribution in [2.45, 2.75) is 19.4 Å². The van der Waals surface area contributed by atoms with Crippen LogP contribution in [0.5, 0.6) is 0 Å². The van der Waals surface area contributed by atoms with Crippen molar-refractivity contribution in [3.8, 4) is 0 Å². The number of nitrogen functional groups attached to an aromatic ring is 1. The lowest BCUT2D eigenvalue weighted by molar-refractivity contribution is 0.139. The molecule has 1 amide bonds. The number of aryl methyl sites for hydroxylation is 1. The van der Waals surface area contributed by atoms with Crippen molar-refractivity contribution in [2.24, 2.45) is 0 Å². The number of nitrogens with zero attached hydrogens (tertiary/aromatic N) is 1. The molecule has 0 spiro atoms. The predicted octanol–water partition coefficient (Wildman–Crippen LogP) is 2.12. The normalized spacial score (nSPS) is 10.2. The fourth-order valence-electron chi connectivity index (χ4n) is 1.67. The second-order valence-corrected chi connectivity index (χ2v) is 4.26. The molecule has 1 heterocycles. The van der Waals surface area contributed by atoms with Crippen LogP contribution in [0, 0.1) is 0 Å². The fourth-order valence-corrected chi connectivity index (χ4v) is 1.67. The highest BCUT2D eigenvalue weighted by molar-refractivity contribution is 5.67. The van der Waals surface area contributed by atoms with Crippen LogP contribution in [0.15, 0.2) is 40.9 Å². The number of ether oxygens (including phenoxy) is 1. The Morgan fingerprint density at radius 2 is 2.15 bits per heavy atom. The summed E-state index contributed by atoms with van der Waals surface area (Å²) in [7, 11) is 0. The van der Waals surface area contributed by atoms with Gasteiger partial charge in [0.25, 0.3) is 6.01 Å². The van der Waals surface area contributed by atoms with E-state index < -0.39 is 6.09 Å². The van der Waals surface area contributed by atoms with Gasteiger partial charge in [-0.2, -0.15) is 0 Å². The summed E-state index contributed by atoms with van der Waals surface area (Å²) in [4.78, 5) is 15.2. The second kappa shape index (κ2) is 7.18. The maximum atomic E-state index is 11.4. The molecule has 0 unspecified atom stereocenters. The van der Waals surface area contributed by atoms with Crippen molar-refractivity contribution in [3.63, 3.8) is 0 Å². The molecule has 0 aliphatic heterocycles. The Hall–Kier alpha value is -2.50. The van der Waals surface area contributed by atoms with E-state index in [1.54, 1.807) is 6.20 Å². The summed E-state index contributed by atoms with van der Waals surface area (Å²) in [5.41, 5.74) is 6.32. The lowest BCUT2D eigenvalue weighted by atomic mass is 10.2. The number of benzene rings is 1. The molecular weight excluding hydrogens is 258 g/mol. The third-order valence-corrected chi connectivity index (χ3v) is 2.65. The van der Waals surface area contributed by atoms with E-state index in [1.807, 2.05) is 30.3 Å². The summed E-state index contributed by atoms with van der Waals surface area (Å²) >= 11 is 0. The van der Waals surface area contributed by atoms with Crippen LogP contribution in [-0.4, -0.2) is 17.6 Å². The van der Waals surface area contributed by atoms with E-state index in [1.165, 1.54) is 0 Å². The van der Waals surface area contributed by atoms with Crippen LogP contribution in [0.3, 0.4) is 0 Å². The topological polar surface area (TPSA) is 90.4 Å². The molecule has 106 valence electrons. The van der Waals surface area contributed by atoms with Crippen molar-refractivity contribution in [1.82, 2.24) is 10.3 Å². The van der Waals surface area contributed by atoms with Crippen molar-refractivity contribution in [2.75, 3.05) is 12.3 Å². The number of rotatable bonds is 6. The lowest BCUT2D eigenvalue weighted by Gasteiger charge is -2.06. The highest BCUT2D eigenvalue weighted by Gasteiger charge is 2.03. The molecule has 3 N–H and O–H groups in total. The van der Waals surface area contributed by atoms with Crippen molar-refractivity contribution >= 4 is 12.1 Å². The first kappa shape index (κ1) is 13.9. The average Bonchev–Trinajstić information content (AvgIpc) is 2.88. The van der Waals surface area contributed by atoms with Gasteiger partial charge in [0.15, 0.2) is 0 Å². The number of oxazole rings is 1. The summed E-state index contributed by atoms with van der Waals surface area (Å²) in [5, 5.41) is 2.68. The highest BCUT2D eigenvalue weighted by atomic mass is 16.5. The number of hydrogen-bond donors (Lipinski definition) is 2. The molecule has 0 fully saturated rings. The minimum Gasteiger partial charge on any atom is -0.445 e. The molecule has 0 saturated heterocycles. The lowest BCUT2D eigenvalue weighted by Crippen LogP contribution is -2.25. The van der Waals surface area contributed by atoms with E-state index in [9.17, 15) is 4.79 Å². The first-order valence-electron chi connectivity index (χ1n) is 6.39. The van der Waals surface area contributed by atoms with Crippen LogP contribution < -0.4 is 11.1 Å². The first-order chi connectivity index (χ1) is 9.74. The molecule has 0 aliphatic rings. The number of aromatic nitrogens is 1. The molecular formula is C14H17N3O3. The number of nitrogens with one attached hydrogen (secondary N) is 1. The van der Waals surface area contributed by atoms with Gasteiger partial charge in [0.1, 0.15) is 12.4 Å². The summed E-state index contributed by atoms with van der Waals surface area (Å²) in [5.74, 6) is 0.710. The molecule has 20 heavy (non-hydrogen) atoms. The maximum absolute atomic E-state index is 11.4. The van der Waals surface area contributed by atoms with Gasteiger partial charge in [0.2, 0.25) is 0 Å². The van der Waals surface area contributed by atoms with Gasteiger partial charge < -0.3 is 20.2 Å². The predicted molar refractivity (Wildman–Crippen MR) is 73.9 cm³/mol. The van der Waals surface area contributed by atoms with Crippen molar-refractivity contribution in [1.29, 1.82) is 0 Å². The van der Waals surface area contributed by atoms with E-state index in [0.29, 0.717) is 18.7 Å². The van der Waals surface area contributed by atoms with Crippen molar-refractivity contribution < 1.29 is 13.9 Å². The number of anilines is 1. The van der Waals surface area contributed by atoms with Crippen LogP contribution in [0.4, 0.5) is 10.8 Å². The summed E-state index contributed by atoms with van der Waals surface area (Å²) in [6, 6.07) is 9.69. The number of nitrogens with two attached hydrogens (primary N) is 1. The van der Waals surface area contributed by atoms with Gasteiger partial charge in [-0.05, 0) is 12.0 Å². The number of alkyl carbamates (subject to hydrolysis) is 1. The molecule has 0 radical (unpaired) electrons.